The lowest BCUT2D eigenvalue weighted by Crippen LogP contribution is -2.55. The van der Waals surface area contributed by atoms with Crippen LogP contribution in [-0.4, -0.2) is 50.7 Å². The van der Waals surface area contributed by atoms with E-state index in [9.17, 15) is 5.11 Å². The van der Waals surface area contributed by atoms with Gasteiger partial charge in [-0.15, -0.1) is 0 Å². The summed E-state index contributed by atoms with van der Waals surface area (Å²) in [6.07, 6.45) is 5.03. The van der Waals surface area contributed by atoms with Crippen LogP contribution in [0.5, 0.6) is 6.01 Å². The number of rotatable bonds is 4. The number of hydrogen-bond donors (Lipinski definition) is 2. The Morgan fingerprint density at radius 3 is 2.41 bits per heavy atom. The van der Waals surface area contributed by atoms with Crippen LogP contribution in [0, 0.1) is 11.8 Å². The van der Waals surface area contributed by atoms with Gasteiger partial charge in [0.05, 0.1) is 24.4 Å². The molecule has 32 heavy (non-hydrogen) atoms. The van der Waals surface area contributed by atoms with E-state index in [1.807, 2.05) is 23.9 Å². The van der Waals surface area contributed by atoms with Crippen molar-refractivity contribution in [2.75, 3.05) is 25.1 Å². The van der Waals surface area contributed by atoms with Gasteiger partial charge in [-0.1, -0.05) is 26.0 Å². The maximum atomic E-state index is 10.8. The van der Waals surface area contributed by atoms with Crippen LogP contribution in [0.15, 0.2) is 30.5 Å². The Bertz CT molecular complexity index is 1140. The second-order valence-corrected chi connectivity index (χ2v) is 9.84. The molecule has 8 heteroatoms. The van der Waals surface area contributed by atoms with Crippen LogP contribution in [0.3, 0.4) is 0 Å². The van der Waals surface area contributed by atoms with Crippen LogP contribution >= 0.6 is 0 Å². The predicted molar refractivity (Wildman–Crippen MR) is 124 cm³/mol. The smallest absolute Gasteiger partial charge is 0.320 e. The summed E-state index contributed by atoms with van der Waals surface area (Å²) in [4.78, 5) is 11.4. The van der Waals surface area contributed by atoms with Crippen molar-refractivity contribution in [3.63, 3.8) is 0 Å². The van der Waals surface area contributed by atoms with Gasteiger partial charge in [0, 0.05) is 41.9 Å². The second-order valence-electron chi connectivity index (χ2n) is 9.84. The van der Waals surface area contributed by atoms with E-state index in [1.54, 1.807) is 7.11 Å². The van der Waals surface area contributed by atoms with Crippen molar-refractivity contribution < 1.29 is 9.84 Å². The van der Waals surface area contributed by atoms with Gasteiger partial charge in [-0.25, -0.2) is 4.68 Å². The van der Waals surface area contributed by atoms with Crippen LogP contribution in [0.25, 0.3) is 16.7 Å². The third kappa shape index (κ3) is 3.33. The van der Waals surface area contributed by atoms with Gasteiger partial charge in [0.25, 0.3) is 0 Å². The fourth-order valence-electron chi connectivity index (χ4n) is 4.90. The van der Waals surface area contributed by atoms with Crippen molar-refractivity contribution in [1.29, 1.82) is 0 Å². The highest BCUT2D eigenvalue weighted by Gasteiger charge is 2.41. The average molecular weight is 437 g/mol. The zero-order valence-electron chi connectivity index (χ0n) is 19.2. The molecule has 0 amide bonds. The number of nitrogens with two attached hydrogens (primary N) is 1. The molecular weight excluding hydrogens is 404 g/mol. The maximum Gasteiger partial charge on any atom is 0.320 e. The van der Waals surface area contributed by atoms with E-state index >= 15 is 0 Å². The monoisotopic (exact) mass is 436 g/mol. The summed E-state index contributed by atoms with van der Waals surface area (Å²) in [5.41, 5.74) is 7.75. The van der Waals surface area contributed by atoms with E-state index in [-0.39, 0.29) is 17.4 Å². The standard InChI is InChI=1S/C24H32N6O2/c1-15-13-29(14-16(2)23(15,3)31)20-11-21(28-22(27-20)32-4)30-19-10-18(24(25)8-5-9-24)7-6-17(19)12-26-30/h6-7,10-12,15-16,31H,5,8-9,13-14,25H2,1-4H3/t15-,16+,23?. The van der Waals surface area contributed by atoms with E-state index in [4.69, 9.17) is 10.5 Å². The molecule has 1 saturated heterocycles. The highest BCUT2D eigenvalue weighted by Crippen LogP contribution is 2.40. The topological polar surface area (TPSA) is 102 Å². The summed E-state index contributed by atoms with van der Waals surface area (Å²) in [6.45, 7) is 7.49. The van der Waals surface area contributed by atoms with Gasteiger partial charge in [-0.05, 0) is 37.8 Å². The number of piperidine rings is 1. The minimum Gasteiger partial charge on any atom is -0.467 e. The van der Waals surface area contributed by atoms with Crippen LogP contribution in [0.4, 0.5) is 5.82 Å². The van der Waals surface area contributed by atoms with E-state index in [0.717, 1.165) is 35.1 Å². The van der Waals surface area contributed by atoms with Gasteiger partial charge in [0.15, 0.2) is 5.82 Å². The van der Waals surface area contributed by atoms with E-state index < -0.39 is 5.60 Å². The minimum atomic E-state index is -0.704. The Balaban J connectivity index is 1.56. The maximum absolute atomic E-state index is 10.8. The van der Waals surface area contributed by atoms with Gasteiger partial charge < -0.3 is 20.5 Å². The lowest BCUT2D eigenvalue weighted by Gasteiger charge is -2.46. The first-order valence-electron chi connectivity index (χ1n) is 11.4. The molecule has 0 spiro atoms. The Morgan fingerprint density at radius 2 is 1.78 bits per heavy atom. The molecule has 1 aromatic carbocycles. The van der Waals surface area contributed by atoms with Crippen molar-refractivity contribution in [3.05, 3.63) is 36.0 Å². The van der Waals surface area contributed by atoms with E-state index in [2.05, 4.69) is 52.0 Å². The lowest BCUT2D eigenvalue weighted by atomic mass is 9.73. The molecule has 1 unspecified atom stereocenters. The molecule has 170 valence electrons. The molecule has 1 aliphatic heterocycles. The van der Waals surface area contributed by atoms with Gasteiger partial charge in [0.1, 0.15) is 5.82 Å². The number of ether oxygens (including phenoxy) is 1. The second kappa shape index (κ2) is 7.42. The summed E-state index contributed by atoms with van der Waals surface area (Å²) >= 11 is 0. The summed E-state index contributed by atoms with van der Waals surface area (Å²) in [5.74, 6) is 1.63. The molecule has 5 rings (SSSR count). The quantitative estimate of drug-likeness (QED) is 0.648. The highest BCUT2D eigenvalue weighted by molar-refractivity contribution is 5.81. The van der Waals surface area contributed by atoms with Gasteiger partial charge >= 0.3 is 6.01 Å². The predicted octanol–water partition coefficient (Wildman–Crippen LogP) is 3.01. The number of nitrogens with zero attached hydrogens (tertiary/aromatic N) is 5. The number of benzene rings is 1. The van der Waals surface area contributed by atoms with Gasteiger partial charge in [-0.3, -0.25) is 0 Å². The van der Waals surface area contributed by atoms with Crippen LogP contribution in [0.1, 0.15) is 45.6 Å². The molecule has 2 aliphatic rings. The average Bonchev–Trinajstić information content (AvgIpc) is 3.18. The fourth-order valence-corrected chi connectivity index (χ4v) is 4.90. The summed E-state index contributed by atoms with van der Waals surface area (Å²) in [6, 6.07) is 8.57. The zero-order valence-corrected chi connectivity index (χ0v) is 19.2. The van der Waals surface area contributed by atoms with Crippen LogP contribution in [-0.2, 0) is 5.54 Å². The number of hydrogen-bond acceptors (Lipinski definition) is 7. The van der Waals surface area contributed by atoms with E-state index in [0.29, 0.717) is 24.9 Å². The molecule has 3 heterocycles. The van der Waals surface area contributed by atoms with Crippen molar-refractivity contribution >= 4 is 16.7 Å². The molecule has 3 aromatic rings. The van der Waals surface area contributed by atoms with Crippen molar-refractivity contribution in [2.24, 2.45) is 17.6 Å². The molecule has 2 aromatic heterocycles. The normalized spacial score (nSPS) is 27.4. The molecule has 2 fully saturated rings. The molecule has 1 saturated carbocycles. The number of anilines is 1. The molecule has 0 bridgehead atoms. The van der Waals surface area contributed by atoms with Crippen LogP contribution < -0.4 is 15.4 Å². The Kier molecular flexibility index (Phi) is 4.90. The number of aromatic nitrogens is 4. The Labute approximate surface area is 188 Å². The number of fused-ring (bicyclic) bond motifs is 1. The summed E-state index contributed by atoms with van der Waals surface area (Å²) in [7, 11) is 1.57. The molecule has 3 N–H and O–H groups in total. The van der Waals surface area contributed by atoms with Gasteiger partial charge in [0.2, 0.25) is 0 Å². The van der Waals surface area contributed by atoms with Gasteiger partial charge in [-0.2, -0.15) is 15.1 Å². The lowest BCUT2D eigenvalue weighted by molar-refractivity contribution is -0.0504. The first-order chi connectivity index (χ1) is 15.2. The fraction of sp³-hybridized carbons (Fsp3) is 0.542. The summed E-state index contributed by atoms with van der Waals surface area (Å²) < 4.78 is 7.27. The Morgan fingerprint density at radius 1 is 1.09 bits per heavy atom. The summed E-state index contributed by atoms with van der Waals surface area (Å²) in [5, 5.41) is 16.5. The van der Waals surface area contributed by atoms with Crippen LogP contribution in [0.2, 0.25) is 0 Å². The first kappa shape index (κ1) is 21.2. The highest BCUT2D eigenvalue weighted by atomic mass is 16.5. The number of aliphatic hydroxyl groups is 1. The third-order valence-corrected chi connectivity index (χ3v) is 7.78. The minimum absolute atomic E-state index is 0.104. The van der Waals surface area contributed by atoms with Crippen molar-refractivity contribution in [1.82, 2.24) is 19.7 Å². The molecule has 1 aliphatic carbocycles. The largest absolute Gasteiger partial charge is 0.467 e. The zero-order chi connectivity index (χ0) is 22.7. The third-order valence-electron chi connectivity index (χ3n) is 7.78. The molecule has 8 nitrogen and oxygen atoms in total. The van der Waals surface area contributed by atoms with Crippen molar-refractivity contribution in [3.8, 4) is 11.8 Å². The first-order valence-corrected chi connectivity index (χ1v) is 11.4. The molecule has 0 radical (unpaired) electrons. The SMILES string of the molecule is COc1nc(N2C[C@@H](C)C(C)(O)[C@@H](C)C2)cc(-n2ncc3ccc(C4(N)CCC4)cc32)n1. The molecular formula is C24H32N6O2. The number of methoxy groups -OCH3 is 1. The van der Waals surface area contributed by atoms with Crippen molar-refractivity contribution in [2.45, 2.75) is 51.2 Å². The Hall–Kier alpha value is -2.71. The van der Waals surface area contributed by atoms with E-state index in [1.165, 1.54) is 6.42 Å². The molecule has 3 atom stereocenters.